The monoisotopic (exact) mass is 470 g/mol. The van der Waals surface area contributed by atoms with Crippen molar-refractivity contribution in [2.45, 2.75) is 65.1 Å². The SMILES string of the molecule is COc1ccc(CN(Cc2ccc(OC)cc2)C(=O)CCCCCOC(=O)NC(C)(C)C)cc1. The van der Waals surface area contributed by atoms with E-state index in [1.54, 1.807) is 14.2 Å². The Kier molecular flexibility index (Phi) is 10.7. The summed E-state index contributed by atoms with van der Waals surface area (Å²) in [6, 6.07) is 15.5. The molecule has 0 heterocycles. The molecule has 0 aliphatic carbocycles. The normalized spacial score (nSPS) is 11.0. The maximum absolute atomic E-state index is 13.1. The average molecular weight is 471 g/mol. The number of alkyl carbamates (subject to hydrolysis) is 1. The molecule has 1 N–H and O–H groups in total. The fourth-order valence-corrected chi connectivity index (χ4v) is 3.36. The number of methoxy groups -OCH3 is 2. The van der Waals surface area contributed by atoms with Crippen LogP contribution in [0.15, 0.2) is 48.5 Å². The quantitative estimate of drug-likeness (QED) is 0.425. The maximum atomic E-state index is 13.1. The molecular weight excluding hydrogens is 432 g/mol. The van der Waals surface area contributed by atoms with Crippen molar-refractivity contribution in [1.29, 1.82) is 0 Å². The molecule has 0 atom stereocenters. The van der Waals surface area contributed by atoms with Crippen LogP contribution in [0, 0.1) is 0 Å². The van der Waals surface area contributed by atoms with Gasteiger partial charge in [0.1, 0.15) is 11.5 Å². The van der Waals surface area contributed by atoms with Gasteiger partial charge in [0.25, 0.3) is 0 Å². The van der Waals surface area contributed by atoms with Crippen LogP contribution in [0.3, 0.4) is 0 Å². The van der Waals surface area contributed by atoms with Gasteiger partial charge in [0, 0.05) is 25.0 Å². The van der Waals surface area contributed by atoms with Gasteiger partial charge in [0.2, 0.25) is 5.91 Å². The molecular formula is C27H38N2O5. The number of carbonyl (C=O) groups excluding carboxylic acids is 2. The molecule has 7 nitrogen and oxygen atoms in total. The van der Waals surface area contributed by atoms with Gasteiger partial charge in [-0.05, 0) is 75.4 Å². The van der Waals surface area contributed by atoms with E-state index < -0.39 is 6.09 Å². The minimum Gasteiger partial charge on any atom is -0.497 e. The number of nitrogens with zero attached hydrogens (tertiary/aromatic N) is 1. The highest BCUT2D eigenvalue weighted by molar-refractivity contribution is 5.76. The van der Waals surface area contributed by atoms with Gasteiger partial charge < -0.3 is 24.4 Å². The van der Waals surface area contributed by atoms with E-state index in [2.05, 4.69) is 5.32 Å². The molecule has 0 aromatic heterocycles. The van der Waals surface area contributed by atoms with Crippen molar-refractivity contribution in [3.8, 4) is 11.5 Å². The first kappa shape index (κ1) is 27.0. The van der Waals surface area contributed by atoms with Crippen LogP contribution in [0.5, 0.6) is 11.5 Å². The number of amides is 2. The van der Waals surface area contributed by atoms with Crippen molar-refractivity contribution < 1.29 is 23.8 Å². The van der Waals surface area contributed by atoms with Gasteiger partial charge in [-0.25, -0.2) is 4.79 Å². The molecule has 2 amide bonds. The number of carbonyl (C=O) groups is 2. The van der Waals surface area contributed by atoms with Gasteiger partial charge in [0.15, 0.2) is 0 Å². The van der Waals surface area contributed by atoms with E-state index in [0.717, 1.165) is 41.9 Å². The third-order valence-electron chi connectivity index (χ3n) is 5.16. The molecule has 7 heteroatoms. The van der Waals surface area contributed by atoms with E-state index >= 15 is 0 Å². The van der Waals surface area contributed by atoms with Gasteiger partial charge in [-0.15, -0.1) is 0 Å². The first-order valence-electron chi connectivity index (χ1n) is 11.7. The van der Waals surface area contributed by atoms with Crippen molar-refractivity contribution in [1.82, 2.24) is 10.2 Å². The standard InChI is InChI=1S/C27H38N2O5/c1-27(2,3)28-26(31)34-18-8-6-7-9-25(30)29(19-21-10-14-23(32-4)15-11-21)20-22-12-16-24(33-5)17-13-22/h10-17H,6-9,18-20H2,1-5H3,(H,28,31). The molecule has 0 saturated carbocycles. The van der Waals surface area contributed by atoms with Gasteiger partial charge >= 0.3 is 6.09 Å². The first-order valence-corrected chi connectivity index (χ1v) is 11.7. The lowest BCUT2D eigenvalue weighted by atomic mass is 10.1. The Balaban J connectivity index is 1.88. The highest BCUT2D eigenvalue weighted by Gasteiger charge is 2.16. The molecule has 2 aromatic rings. The van der Waals surface area contributed by atoms with Crippen molar-refractivity contribution in [3.63, 3.8) is 0 Å². The number of unbranched alkanes of at least 4 members (excludes halogenated alkanes) is 2. The van der Waals surface area contributed by atoms with E-state index in [1.807, 2.05) is 74.2 Å². The van der Waals surface area contributed by atoms with Crippen molar-refractivity contribution in [2.75, 3.05) is 20.8 Å². The number of ether oxygens (including phenoxy) is 3. The summed E-state index contributed by atoms with van der Waals surface area (Å²) in [6.07, 6.45) is 2.31. The van der Waals surface area contributed by atoms with Gasteiger partial charge in [-0.2, -0.15) is 0 Å². The van der Waals surface area contributed by atoms with Crippen LogP contribution in [0.2, 0.25) is 0 Å². The molecule has 0 unspecified atom stereocenters. The lowest BCUT2D eigenvalue weighted by Crippen LogP contribution is -2.41. The maximum Gasteiger partial charge on any atom is 0.407 e. The van der Waals surface area contributed by atoms with Crippen molar-refractivity contribution in [3.05, 3.63) is 59.7 Å². The second-order valence-electron chi connectivity index (χ2n) is 9.27. The molecule has 0 fully saturated rings. The minimum absolute atomic E-state index is 0.0954. The van der Waals surface area contributed by atoms with Crippen LogP contribution in [-0.4, -0.2) is 43.3 Å². The van der Waals surface area contributed by atoms with Crippen LogP contribution < -0.4 is 14.8 Å². The van der Waals surface area contributed by atoms with E-state index in [-0.39, 0.29) is 11.4 Å². The fourth-order valence-electron chi connectivity index (χ4n) is 3.36. The zero-order valence-corrected chi connectivity index (χ0v) is 21.1. The molecule has 0 saturated heterocycles. The summed E-state index contributed by atoms with van der Waals surface area (Å²) >= 11 is 0. The summed E-state index contributed by atoms with van der Waals surface area (Å²) in [4.78, 5) is 26.7. The highest BCUT2D eigenvalue weighted by Crippen LogP contribution is 2.18. The predicted molar refractivity (Wildman–Crippen MR) is 133 cm³/mol. The Hall–Kier alpha value is -3.22. The summed E-state index contributed by atoms with van der Waals surface area (Å²) in [6.45, 7) is 7.10. The number of hydrogen-bond acceptors (Lipinski definition) is 5. The van der Waals surface area contributed by atoms with Crippen molar-refractivity contribution >= 4 is 12.0 Å². The van der Waals surface area contributed by atoms with E-state index in [1.165, 1.54) is 0 Å². The molecule has 34 heavy (non-hydrogen) atoms. The average Bonchev–Trinajstić information content (AvgIpc) is 2.80. The first-order chi connectivity index (χ1) is 16.2. The number of nitrogens with one attached hydrogen (secondary N) is 1. The second-order valence-corrected chi connectivity index (χ2v) is 9.27. The summed E-state index contributed by atoms with van der Waals surface area (Å²) in [7, 11) is 3.27. The number of benzene rings is 2. The summed E-state index contributed by atoms with van der Waals surface area (Å²) in [5, 5.41) is 2.77. The summed E-state index contributed by atoms with van der Waals surface area (Å²) < 4.78 is 15.7. The van der Waals surface area contributed by atoms with Gasteiger partial charge in [-0.1, -0.05) is 24.3 Å². The van der Waals surface area contributed by atoms with E-state index in [9.17, 15) is 9.59 Å². The molecule has 186 valence electrons. The second kappa shape index (κ2) is 13.5. The van der Waals surface area contributed by atoms with Crippen LogP contribution in [0.25, 0.3) is 0 Å². The zero-order chi connectivity index (χ0) is 25.0. The van der Waals surface area contributed by atoms with Gasteiger partial charge in [0.05, 0.1) is 20.8 Å². The zero-order valence-electron chi connectivity index (χ0n) is 21.1. The third-order valence-corrected chi connectivity index (χ3v) is 5.16. The largest absolute Gasteiger partial charge is 0.497 e. The Morgan fingerprint density at radius 1 is 0.794 bits per heavy atom. The number of rotatable bonds is 12. The minimum atomic E-state index is -0.409. The Morgan fingerprint density at radius 2 is 1.29 bits per heavy atom. The molecule has 0 aliphatic rings. The van der Waals surface area contributed by atoms with Crippen LogP contribution in [0.4, 0.5) is 4.79 Å². The third kappa shape index (κ3) is 10.1. The molecule has 2 aromatic carbocycles. The Bertz CT molecular complexity index is 839. The molecule has 0 radical (unpaired) electrons. The Labute approximate surface area is 203 Å². The molecule has 0 spiro atoms. The molecule has 0 bridgehead atoms. The lowest BCUT2D eigenvalue weighted by Gasteiger charge is -2.23. The summed E-state index contributed by atoms with van der Waals surface area (Å²) in [5.74, 6) is 1.67. The van der Waals surface area contributed by atoms with Gasteiger partial charge in [-0.3, -0.25) is 4.79 Å². The summed E-state index contributed by atoms with van der Waals surface area (Å²) in [5.41, 5.74) is 1.77. The van der Waals surface area contributed by atoms with Crippen LogP contribution >= 0.6 is 0 Å². The van der Waals surface area contributed by atoms with E-state index in [0.29, 0.717) is 26.1 Å². The lowest BCUT2D eigenvalue weighted by molar-refractivity contribution is -0.132. The fraction of sp³-hybridized carbons (Fsp3) is 0.481. The predicted octanol–water partition coefficient (Wildman–Crippen LogP) is 5.32. The molecule has 0 aliphatic heterocycles. The Morgan fingerprint density at radius 3 is 1.74 bits per heavy atom. The van der Waals surface area contributed by atoms with Crippen LogP contribution in [-0.2, 0) is 22.6 Å². The number of hydrogen-bond donors (Lipinski definition) is 1. The van der Waals surface area contributed by atoms with E-state index in [4.69, 9.17) is 14.2 Å². The highest BCUT2D eigenvalue weighted by atomic mass is 16.5. The smallest absolute Gasteiger partial charge is 0.407 e. The van der Waals surface area contributed by atoms with Crippen LogP contribution in [0.1, 0.15) is 57.6 Å². The topological polar surface area (TPSA) is 77.1 Å². The van der Waals surface area contributed by atoms with Crippen molar-refractivity contribution in [2.24, 2.45) is 0 Å². The molecule has 2 rings (SSSR count).